The van der Waals surface area contributed by atoms with Crippen molar-refractivity contribution in [3.63, 3.8) is 0 Å². The molecule has 164 valence electrons. The van der Waals surface area contributed by atoms with Crippen LogP contribution in [0.15, 0.2) is 24.3 Å². The van der Waals surface area contributed by atoms with Crippen LogP contribution in [-0.4, -0.2) is 47.5 Å². The molecule has 0 unspecified atom stereocenters. The minimum Gasteiger partial charge on any atom is -0.496 e. The first-order valence-electron chi connectivity index (χ1n) is 10.0. The monoisotopic (exact) mass is 423 g/mol. The van der Waals surface area contributed by atoms with Gasteiger partial charge in [-0.3, -0.25) is 0 Å². The van der Waals surface area contributed by atoms with Crippen molar-refractivity contribution in [3.05, 3.63) is 41.1 Å². The van der Waals surface area contributed by atoms with Gasteiger partial charge in [0.15, 0.2) is 0 Å². The van der Waals surface area contributed by atoms with Crippen LogP contribution in [0.25, 0.3) is 11.3 Å². The number of methoxy groups -OCH3 is 1. The van der Waals surface area contributed by atoms with Crippen LogP contribution < -0.4 is 4.74 Å². The summed E-state index contributed by atoms with van der Waals surface area (Å²) in [5, 5.41) is 19.6. The lowest BCUT2D eigenvalue weighted by Crippen LogP contribution is -2.37. The molecule has 0 saturated carbocycles. The number of aliphatic hydroxyl groups excluding tert-OH is 1. The van der Waals surface area contributed by atoms with E-state index in [0.29, 0.717) is 22.5 Å². The molecule has 1 N–H and O–H groups in total. The van der Waals surface area contributed by atoms with E-state index in [9.17, 15) is 18.3 Å². The maximum absolute atomic E-state index is 13.0. The fraction of sp³-hybridized carbons (Fsp3) is 0.545. The Morgan fingerprint density at radius 3 is 2.57 bits per heavy atom. The van der Waals surface area contributed by atoms with E-state index >= 15 is 0 Å². The number of aromatic nitrogens is 2. The number of alkyl halides is 3. The molecule has 0 aliphatic carbocycles. The van der Waals surface area contributed by atoms with Crippen molar-refractivity contribution >= 4 is 0 Å². The maximum atomic E-state index is 13.0. The van der Waals surface area contributed by atoms with E-state index in [1.165, 1.54) is 13.2 Å². The van der Waals surface area contributed by atoms with E-state index in [0.717, 1.165) is 44.5 Å². The highest BCUT2D eigenvalue weighted by Crippen LogP contribution is 2.41. The largest absolute Gasteiger partial charge is 0.496 e. The first-order chi connectivity index (χ1) is 14.0. The molecule has 1 aromatic carbocycles. The zero-order chi connectivity index (χ0) is 22.1. The van der Waals surface area contributed by atoms with E-state index in [2.05, 4.69) is 22.0 Å². The van der Waals surface area contributed by atoms with Crippen molar-refractivity contribution < 1.29 is 23.0 Å². The van der Waals surface area contributed by atoms with Crippen molar-refractivity contribution in [3.8, 4) is 17.0 Å². The minimum atomic E-state index is -4.46. The van der Waals surface area contributed by atoms with E-state index < -0.39 is 17.8 Å². The van der Waals surface area contributed by atoms with Crippen molar-refractivity contribution in [2.75, 3.05) is 27.2 Å². The summed E-state index contributed by atoms with van der Waals surface area (Å²) in [5.74, 6) is 0.0767. The van der Waals surface area contributed by atoms with Gasteiger partial charge in [-0.2, -0.15) is 18.3 Å². The highest BCUT2D eigenvalue weighted by Gasteiger charge is 2.37. The topological polar surface area (TPSA) is 58.5 Å². The quantitative estimate of drug-likeness (QED) is 0.777. The average Bonchev–Trinajstić information content (AvgIpc) is 2.87. The maximum Gasteiger partial charge on any atom is 0.416 e. The van der Waals surface area contributed by atoms with Gasteiger partial charge in [-0.15, -0.1) is 5.10 Å². The molecular formula is C22H28F3N3O2. The molecule has 1 aliphatic heterocycles. The lowest BCUT2D eigenvalue weighted by Gasteiger charge is -2.35. The number of nitrogens with zero attached hydrogens (tertiary/aromatic N) is 3. The molecule has 5 nitrogen and oxygen atoms in total. The predicted molar refractivity (Wildman–Crippen MR) is 108 cm³/mol. The summed E-state index contributed by atoms with van der Waals surface area (Å²) < 4.78 is 44.2. The van der Waals surface area contributed by atoms with Crippen LogP contribution in [0.4, 0.5) is 13.2 Å². The number of rotatable bonds is 4. The molecule has 2 aromatic rings. The number of likely N-dealkylation sites (tertiary alicyclic amines) is 1. The second-order valence-corrected chi connectivity index (χ2v) is 8.47. The van der Waals surface area contributed by atoms with E-state index in [1.54, 1.807) is 13.0 Å². The second kappa shape index (κ2) is 8.51. The van der Waals surface area contributed by atoms with Gasteiger partial charge >= 0.3 is 6.18 Å². The molecular weight excluding hydrogens is 395 g/mol. The summed E-state index contributed by atoms with van der Waals surface area (Å²) in [7, 11) is 3.37. The first-order valence-corrected chi connectivity index (χ1v) is 10.0. The van der Waals surface area contributed by atoms with Crippen LogP contribution in [0.3, 0.4) is 0 Å². The summed E-state index contributed by atoms with van der Waals surface area (Å²) in [6.07, 6.45) is -2.23. The molecule has 1 saturated heterocycles. The highest BCUT2D eigenvalue weighted by molar-refractivity contribution is 5.70. The molecule has 0 bridgehead atoms. The van der Waals surface area contributed by atoms with Crippen LogP contribution in [0, 0.1) is 12.3 Å². The number of hydrogen-bond acceptors (Lipinski definition) is 5. The van der Waals surface area contributed by atoms with Gasteiger partial charge in [0, 0.05) is 17.5 Å². The van der Waals surface area contributed by atoms with Crippen LogP contribution in [-0.2, 0) is 6.18 Å². The summed E-state index contributed by atoms with van der Waals surface area (Å²) >= 11 is 0. The average molecular weight is 423 g/mol. The molecule has 2 heterocycles. The number of ether oxygens (including phenoxy) is 1. The molecule has 1 aliphatic rings. The fourth-order valence-corrected chi connectivity index (χ4v) is 4.23. The standard InChI is InChI=1S/C22H28F3N3O2/c1-14-11-17(20(29)21(2)9-5-6-10-28(3)13-21)26-27-19(14)16-8-7-15(22(23,24)25)12-18(16)30-4/h7-8,11-12,20,29H,5-6,9-10,13H2,1-4H3/t20-,21+/m0/s1. The zero-order valence-electron chi connectivity index (χ0n) is 17.8. The Kier molecular flexibility index (Phi) is 6.38. The molecule has 3 rings (SSSR count). The molecule has 0 amide bonds. The van der Waals surface area contributed by atoms with Gasteiger partial charge in [-0.05, 0) is 63.2 Å². The molecule has 1 aromatic heterocycles. The summed E-state index contributed by atoms with van der Waals surface area (Å²) in [4.78, 5) is 2.22. The molecule has 30 heavy (non-hydrogen) atoms. The highest BCUT2D eigenvalue weighted by atomic mass is 19.4. The lowest BCUT2D eigenvalue weighted by molar-refractivity contribution is -0.137. The normalized spacial score (nSPS) is 21.9. The minimum absolute atomic E-state index is 0.0767. The molecule has 0 spiro atoms. The van der Waals surface area contributed by atoms with E-state index in [1.807, 2.05) is 7.05 Å². The van der Waals surface area contributed by atoms with Gasteiger partial charge in [-0.25, -0.2) is 0 Å². The Morgan fingerprint density at radius 1 is 1.20 bits per heavy atom. The lowest BCUT2D eigenvalue weighted by atomic mass is 9.78. The van der Waals surface area contributed by atoms with Gasteiger partial charge in [0.25, 0.3) is 0 Å². The van der Waals surface area contributed by atoms with Crippen molar-refractivity contribution in [1.82, 2.24) is 15.1 Å². The summed E-state index contributed by atoms with van der Waals surface area (Å²) in [5.41, 5.74) is 0.908. The Bertz CT molecular complexity index is 904. The molecule has 2 atom stereocenters. The third kappa shape index (κ3) is 4.59. The SMILES string of the molecule is COc1cc(C(F)(F)F)ccc1-c1nnc([C@H](O)[C@]2(C)CCCCN(C)C2)cc1C. The van der Waals surface area contributed by atoms with Crippen LogP contribution >= 0.6 is 0 Å². The smallest absolute Gasteiger partial charge is 0.416 e. The number of aliphatic hydroxyl groups is 1. The van der Waals surface area contributed by atoms with Gasteiger partial charge in [0.05, 0.1) is 24.1 Å². The van der Waals surface area contributed by atoms with Crippen molar-refractivity contribution in [1.29, 1.82) is 0 Å². The van der Waals surface area contributed by atoms with Crippen molar-refractivity contribution in [2.24, 2.45) is 5.41 Å². The Balaban J connectivity index is 1.94. The van der Waals surface area contributed by atoms with Gasteiger partial charge in [-0.1, -0.05) is 13.3 Å². The van der Waals surface area contributed by atoms with Crippen LogP contribution in [0.1, 0.15) is 49.1 Å². The zero-order valence-corrected chi connectivity index (χ0v) is 17.8. The van der Waals surface area contributed by atoms with Crippen molar-refractivity contribution in [2.45, 2.75) is 45.4 Å². The van der Waals surface area contributed by atoms with E-state index in [4.69, 9.17) is 4.74 Å². The third-order valence-corrected chi connectivity index (χ3v) is 5.90. The number of aryl methyl sites for hydroxylation is 1. The van der Waals surface area contributed by atoms with Gasteiger partial charge in [0.2, 0.25) is 0 Å². The Morgan fingerprint density at radius 2 is 1.93 bits per heavy atom. The second-order valence-electron chi connectivity index (χ2n) is 8.47. The predicted octanol–water partition coefficient (Wildman–Crippen LogP) is 4.63. The molecule has 0 radical (unpaired) electrons. The van der Waals surface area contributed by atoms with Gasteiger partial charge in [0.1, 0.15) is 11.9 Å². The fourth-order valence-electron chi connectivity index (χ4n) is 4.23. The Labute approximate surface area is 174 Å². The van der Waals surface area contributed by atoms with Crippen LogP contribution in [0.2, 0.25) is 0 Å². The van der Waals surface area contributed by atoms with Crippen LogP contribution in [0.5, 0.6) is 5.75 Å². The Hall–Kier alpha value is -2.19. The van der Waals surface area contributed by atoms with Gasteiger partial charge < -0.3 is 14.7 Å². The summed E-state index contributed by atoms with van der Waals surface area (Å²) in [6.45, 7) is 5.62. The van der Waals surface area contributed by atoms with E-state index in [-0.39, 0.29) is 11.2 Å². The molecule has 1 fully saturated rings. The summed E-state index contributed by atoms with van der Waals surface area (Å²) in [6, 6.07) is 5.07. The molecule has 8 heteroatoms. The first kappa shape index (κ1) is 22.5. The third-order valence-electron chi connectivity index (χ3n) is 5.90. The number of benzene rings is 1. The number of hydrogen-bond donors (Lipinski definition) is 1. The number of halogens is 3.